The van der Waals surface area contributed by atoms with Crippen molar-refractivity contribution in [1.29, 1.82) is 0 Å². The van der Waals surface area contributed by atoms with Crippen LogP contribution in [0.15, 0.2) is 6.33 Å². The highest BCUT2D eigenvalue weighted by molar-refractivity contribution is 5.51. The van der Waals surface area contributed by atoms with Gasteiger partial charge < -0.3 is 5.32 Å². The first-order valence-electron chi connectivity index (χ1n) is 7.77. The van der Waals surface area contributed by atoms with E-state index in [9.17, 15) is 0 Å². The van der Waals surface area contributed by atoms with Crippen molar-refractivity contribution in [3.63, 3.8) is 0 Å². The molecule has 0 aliphatic heterocycles. The lowest BCUT2D eigenvalue weighted by atomic mass is 10.1. The molecule has 0 spiro atoms. The molecule has 114 valence electrons. The fourth-order valence-electron chi connectivity index (χ4n) is 2.33. The standard InChI is InChI=1S/C15H24N6/c1-5-9-11-14(16-8-4)17-10-18-15(11)21-13(7-3)19-12(6-2)20-21/h10H,5-9H2,1-4H3,(H,16,17,18). The summed E-state index contributed by atoms with van der Waals surface area (Å²) in [4.78, 5) is 13.4. The minimum absolute atomic E-state index is 0.828. The van der Waals surface area contributed by atoms with E-state index < -0.39 is 0 Å². The number of aromatic nitrogens is 5. The Morgan fingerprint density at radius 3 is 2.52 bits per heavy atom. The van der Waals surface area contributed by atoms with Crippen molar-refractivity contribution in [1.82, 2.24) is 24.7 Å². The van der Waals surface area contributed by atoms with Gasteiger partial charge in [-0.2, -0.15) is 4.68 Å². The molecule has 0 aliphatic rings. The molecule has 0 saturated carbocycles. The summed E-state index contributed by atoms with van der Waals surface area (Å²) >= 11 is 0. The lowest BCUT2D eigenvalue weighted by Gasteiger charge is -2.13. The van der Waals surface area contributed by atoms with E-state index in [-0.39, 0.29) is 0 Å². The minimum Gasteiger partial charge on any atom is -0.370 e. The molecule has 2 heterocycles. The zero-order valence-corrected chi connectivity index (χ0v) is 13.3. The molecule has 0 aromatic carbocycles. The average Bonchev–Trinajstić information content (AvgIpc) is 2.92. The third-order valence-electron chi connectivity index (χ3n) is 3.32. The van der Waals surface area contributed by atoms with Gasteiger partial charge in [0.15, 0.2) is 11.6 Å². The molecule has 0 atom stereocenters. The zero-order chi connectivity index (χ0) is 15.2. The zero-order valence-electron chi connectivity index (χ0n) is 13.3. The van der Waals surface area contributed by atoms with Crippen LogP contribution in [0.5, 0.6) is 0 Å². The summed E-state index contributed by atoms with van der Waals surface area (Å²) in [7, 11) is 0. The van der Waals surface area contributed by atoms with Crippen LogP contribution in [0, 0.1) is 0 Å². The predicted octanol–water partition coefficient (Wildman–Crippen LogP) is 2.57. The molecule has 0 unspecified atom stereocenters. The monoisotopic (exact) mass is 288 g/mol. The molecule has 0 amide bonds. The van der Waals surface area contributed by atoms with Crippen molar-refractivity contribution >= 4 is 5.82 Å². The third-order valence-corrected chi connectivity index (χ3v) is 3.32. The smallest absolute Gasteiger partial charge is 0.164 e. The molecule has 0 radical (unpaired) electrons. The van der Waals surface area contributed by atoms with Gasteiger partial charge in [0, 0.05) is 24.9 Å². The van der Waals surface area contributed by atoms with Crippen molar-refractivity contribution in [2.75, 3.05) is 11.9 Å². The Morgan fingerprint density at radius 2 is 1.90 bits per heavy atom. The van der Waals surface area contributed by atoms with E-state index in [0.29, 0.717) is 0 Å². The Bertz CT molecular complexity index is 590. The van der Waals surface area contributed by atoms with Crippen LogP contribution in [-0.2, 0) is 19.3 Å². The van der Waals surface area contributed by atoms with Crippen molar-refractivity contribution in [3.8, 4) is 5.82 Å². The topological polar surface area (TPSA) is 68.5 Å². The van der Waals surface area contributed by atoms with Crippen LogP contribution in [0.2, 0.25) is 0 Å². The molecule has 0 aliphatic carbocycles. The van der Waals surface area contributed by atoms with Gasteiger partial charge in [0.2, 0.25) is 0 Å². The van der Waals surface area contributed by atoms with Gasteiger partial charge >= 0.3 is 0 Å². The summed E-state index contributed by atoms with van der Waals surface area (Å²) in [6.45, 7) is 9.22. The highest BCUT2D eigenvalue weighted by Gasteiger charge is 2.17. The van der Waals surface area contributed by atoms with Crippen molar-refractivity contribution in [3.05, 3.63) is 23.5 Å². The van der Waals surface area contributed by atoms with E-state index in [0.717, 1.165) is 61.1 Å². The number of aryl methyl sites for hydroxylation is 2. The van der Waals surface area contributed by atoms with E-state index in [2.05, 4.69) is 53.1 Å². The number of hydrogen-bond acceptors (Lipinski definition) is 5. The number of anilines is 1. The molecule has 21 heavy (non-hydrogen) atoms. The summed E-state index contributed by atoms with van der Waals surface area (Å²) in [5.74, 6) is 3.56. The summed E-state index contributed by atoms with van der Waals surface area (Å²) in [6, 6.07) is 0. The normalized spacial score (nSPS) is 10.9. The van der Waals surface area contributed by atoms with Crippen molar-refractivity contribution in [2.24, 2.45) is 0 Å². The van der Waals surface area contributed by atoms with Crippen LogP contribution in [0.25, 0.3) is 5.82 Å². The third kappa shape index (κ3) is 3.20. The highest BCUT2D eigenvalue weighted by Crippen LogP contribution is 2.21. The lowest BCUT2D eigenvalue weighted by Crippen LogP contribution is -2.12. The van der Waals surface area contributed by atoms with E-state index in [4.69, 9.17) is 0 Å². The van der Waals surface area contributed by atoms with Crippen LogP contribution in [-0.4, -0.2) is 31.3 Å². The van der Waals surface area contributed by atoms with Gasteiger partial charge in [-0.1, -0.05) is 27.2 Å². The molecule has 6 heteroatoms. The summed E-state index contributed by atoms with van der Waals surface area (Å²) in [5.41, 5.74) is 1.11. The largest absolute Gasteiger partial charge is 0.370 e. The van der Waals surface area contributed by atoms with Crippen LogP contribution < -0.4 is 5.32 Å². The number of rotatable bonds is 7. The van der Waals surface area contributed by atoms with Gasteiger partial charge in [0.05, 0.1) is 0 Å². The SMILES string of the molecule is CCCc1c(NCC)ncnc1-n1nc(CC)nc1CC. The molecule has 1 N–H and O–H groups in total. The fraction of sp³-hybridized carbons (Fsp3) is 0.600. The molecular formula is C15H24N6. The Morgan fingerprint density at radius 1 is 1.10 bits per heavy atom. The van der Waals surface area contributed by atoms with Gasteiger partial charge in [-0.05, 0) is 13.3 Å². The summed E-state index contributed by atoms with van der Waals surface area (Å²) < 4.78 is 1.88. The van der Waals surface area contributed by atoms with Gasteiger partial charge in [-0.25, -0.2) is 15.0 Å². The molecule has 0 bridgehead atoms. The highest BCUT2D eigenvalue weighted by atomic mass is 15.4. The van der Waals surface area contributed by atoms with E-state index in [1.807, 2.05) is 4.68 Å². The van der Waals surface area contributed by atoms with Crippen LogP contribution >= 0.6 is 0 Å². The van der Waals surface area contributed by atoms with Crippen LogP contribution in [0.3, 0.4) is 0 Å². The molecule has 0 fully saturated rings. The Hall–Kier alpha value is -1.98. The Kier molecular flexibility index (Phi) is 5.25. The Labute approximate surface area is 126 Å². The number of nitrogens with zero attached hydrogens (tertiary/aromatic N) is 5. The number of nitrogens with one attached hydrogen (secondary N) is 1. The van der Waals surface area contributed by atoms with Crippen molar-refractivity contribution < 1.29 is 0 Å². The molecule has 2 rings (SSSR count). The van der Waals surface area contributed by atoms with E-state index in [1.165, 1.54) is 0 Å². The minimum atomic E-state index is 0.828. The van der Waals surface area contributed by atoms with E-state index in [1.54, 1.807) is 6.33 Å². The summed E-state index contributed by atoms with van der Waals surface area (Å²) in [5, 5.41) is 7.92. The first kappa shape index (κ1) is 15.4. The maximum absolute atomic E-state index is 4.60. The first-order chi connectivity index (χ1) is 10.2. The second-order valence-corrected chi connectivity index (χ2v) is 4.87. The molecule has 0 saturated heterocycles. The lowest BCUT2D eigenvalue weighted by molar-refractivity contribution is 0.745. The molecule has 6 nitrogen and oxygen atoms in total. The maximum atomic E-state index is 4.60. The first-order valence-corrected chi connectivity index (χ1v) is 7.77. The summed E-state index contributed by atoms with van der Waals surface area (Å²) in [6.07, 6.45) is 5.21. The number of hydrogen-bond donors (Lipinski definition) is 1. The van der Waals surface area contributed by atoms with Crippen LogP contribution in [0.4, 0.5) is 5.82 Å². The van der Waals surface area contributed by atoms with Gasteiger partial charge in [-0.3, -0.25) is 0 Å². The van der Waals surface area contributed by atoms with Gasteiger partial charge in [0.25, 0.3) is 0 Å². The Balaban J connectivity index is 2.56. The van der Waals surface area contributed by atoms with Crippen LogP contribution in [0.1, 0.15) is 51.3 Å². The van der Waals surface area contributed by atoms with E-state index >= 15 is 0 Å². The molecule has 2 aromatic heterocycles. The average molecular weight is 288 g/mol. The second-order valence-electron chi connectivity index (χ2n) is 4.87. The fourth-order valence-corrected chi connectivity index (χ4v) is 2.33. The van der Waals surface area contributed by atoms with Gasteiger partial charge in [0.1, 0.15) is 18.0 Å². The maximum Gasteiger partial charge on any atom is 0.164 e. The quantitative estimate of drug-likeness (QED) is 0.848. The van der Waals surface area contributed by atoms with Crippen molar-refractivity contribution in [2.45, 2.75) is 53.4 Å². The molecule has 2 aromatic rings. The predicted molar refractivity (Wildman–Crippen MR) is 83.9 cm³/mol. The van der Waals surface area contributed by atoms with Gasteiger partial charge in [-0.15, -0.1) is 5.10 Å². The molecular weight excluding hydrogens is 264 g/mol. The second kappa shape index (κ2) is 7.15.